The summed E-state index contributed by atoms with van der Waals surface area (Å²) >= 11 is 0. The molecule has 0 bridgehead atoms. The highest BCUT2D eigenvalue weighted by atomic mass is 16.2. The standard InChI is InChI=1S/C23H28N4O2/c24-12-18-13-27(14-21(18)16-5-2-1-3-6-16)15-22(28)25-20-8-4-7-17(11-20)23(29)26-19-9-10-19/h1-8,11,18-19,21H,9-10,12-15,24H2,(H,25,28)(H,26,29)/t18-,21+/m1/s1. The lowest BCUT2D eigenvalue weighted by Crippen LogP contribution is -2.32. The molecule has 0 spiro atoms. The molecule has 2 fully saturated rings. The van der Waals surface area contributed by atoms with Crippen LogP contribution in [0, 0.1) is 5.92 Å². The molecule has 152 valence electrons. The minimum Gasteiger partial charge on any atom is -0.349 e. The summed E-state index contributed by atoms with van der Waals surface area (Å²) in [6.07, 6.45) is 2.09. The molecule has 1 saturated heterocycles. The van der Waals surface area contributed by atoms with Gasteiger partial charge in [-0.15, -0.1) is 0 Å². The smallest absolute Gasteiger partial charge is 0.251 e. The summed E-state index contributed by atoms with van der Waals surface area (Å²) in [6.45, 7) is 2.56. The average molecular weight is 393 g/mol. The maximum absolute atomic E-state index is 12.6. The summed E-state index contributed by atoms with van der Waals surface area (Å²) in [4.78, 5) is 27.0. The van der Waals surface area contributed by atoms with E-state index in [-0.39, 0.29) is 11.8 Å². The second-order valence-electron chi connectivity index (χ2n) is 8.08. The molecule has 4 rings (SSSR count). The molecular formula is C23H28N4O2. The fourth-order valence-corrected chi connectivity index (χ4v) is 4.04. The number of rotatable bonds is 7. The Bertz CT molecular complexity index is 866. The molecule has 1 saturated carbocycles. The number of nitrogens with one attached hydrogen (secondary N) is 2. The Morgan fingerprint density at radius 2 is 1.83 bits per heavy atom. The second-order valence-corrected chi connectivity index (χ2v) is 8.08. The van der Waals surface area contributed by atoms with Crippen molar-refractivity contribution in [3.05, 3.63) is 65.7 Å². The van der Waals surface area contributed by atoms with Gasteiger partial charge in [-0.3, -0.25) is 14.5 Å². The predicted octanol–water partition coefficient (Wildman–Crippen LogP) is 2.19. The number of hydrogen-bond donors (Lipinski definition) is 3. The van der Waals surface area contributed by atoms with Crippen LogP contribution in [0.25, 0.3) is 0 Å². The SMILES string of the molecule is NC[C@@H]1CN(CC(=O)Nc2cccc(C(=O)NC3CC3)c2)C[C@H]1c1ccccc1. The number of carbonyl (C=O) groups excluding carboxylic acids is 2. The Balaban J connectivity index is 1.34. The Hall–Kier alpha value is -2.70. The molecule has 2 aromatic rings. The van der Waals surface area contributed by atoms with Crippen molar-refractivity contribution in [3.63, 3.8) is 0 Å². The van der Waals surface area contributed by atoms with Crippen LogP contribution < -0.4 is 16.4 Å². The van der Waals surface area contributed by atoms with Gasteiger partial charge in [0, 0.05) is 36.3 Å². The van der Waals surface area contributed by atoms with Crippen LogP contribution in [0.4, 0.5) is 5.69 Å². The maximum Gasteiger partial charge on any atom is 0.251 e. The number of nitrogens with two attached hydrogens (primary N) is 1. The van der Waals surface area contributed by atoms with E-state index in [1.54, 1.807) is 18.2 Å². The second kappa shape index (κ2) is 8.76. The lowest BCUT2D eigenvalue weighted by atomic mass is 9.89. The van der Waals surface area contributed by atoms with E-state index in [4.69, 9.17) is 5.73 Å². The van der Waals surface area contributed by atoms with E-state index in [0.717, 1.165) is 25.9 Å². The zero-order chi connectivity index (χ0) is 20.2. The highest BCUT2D eigenvalue weighted by Gasteiger charge is 2.33. The normalized spacial score (nSPS) is 21.7. The van der Waals surface area contributed by atoms with Gasteiger partial charge in [-0.1, -0.05) is 36.4 Å². The molecule has 1 aliphatic heterocycles. The zero-order valence-electron chi connectivity index (χ0n) is 16.5. The molecule has 1 aliphatic carbocycles. The molecule has 2 amide bonds. The third kappa shape index (κ3) is 5.02. The van der Waals surface area contributed by atoms with E-state index in [2.05, 4.69) is 27.7 Å². The van der Waals surface area contributed by atoms with Crippen LogP contribution in [0.5, 0.6) is 0 Å². The summed E-state index contributed by atoms with van der Waals surface area (Å²) in [5.74, 6) is 0.539. The van der Waals surface area contributed by atoms with E-state index in [1.807, 2.05) is 24.3 Å². The van der Waals surface area contributed by atoms with E-state index >= 15 is 0 Å². The summed E-state index contributed by atoms with van der Waals surface area (Å²) < 4.78 is 0. The molecule has 2 aromatic carbocycles. The molecule has 6 heteroatoms. The topological polar surface area (TPSA) is 87.5 Å². The van der Waals surface area contributed by atoms with Crippen LogP contribution in [0.1, 0.15) is 34.7 Å². The first-order valence-electron chi connectivity index (χ1n) is 10.3. The number of amides is 2. The number of benzene rings is 2. The third-order valence-electron chi connectivity index (χ3n) is 5.74. The van der Waals surface area contributed by atoms with Crippen molar-refractivity contribution >= 4 is 17.5 Å². The van der Waals surface area contributed by atoms with Crippen molar-refractivity contribution in [2.45, 2.75) is 24.8 Å². The van der Waals surface area contributed by atoms with Crippen molar-refractivity contribution < 1.29 is 9.59 Å². The van der Waals surface area contributed by atoms with Crippen molar-refractivity contribution in [3.8, 4) is 0 Å². The van der Waals surface area contributed by atoms with Crippen molar-refractivity contribution in [2.75, 3.05) is 31.5 Å². The lowest BCUT2D eigenvalue weighted by Gasteiger charge is -2.16. The van der Waals surface area contributed by atoms with Crippen LogP contribution in [-0.2, 0) is 4.79 Å². The molecular weight excluding hydrogens is 364 g/mol. The van der Waals surface area contributed by atoms with Crippen LogP contribution in [0.3, 0.4) is 0 Å². The molecule has 2 atom stereocenters. The van der Waals surface area contributed by atoms with Gasteiger partial charge in [-0.05, 0) is 49.1 Å². The van der Waals surface area contributed by atoms with Gasteiger partial charge >= 0.3 is 0 Å². The van der Waals surface area contributed by atoms with Gasteiger partial charge in [-0.2, -0.15) is 0 Å². The van der Waals surface area contributed by atoms with Gasteiger partial charge in [0.25, 0.3) is 5.91 Å². The number of hydrogen-bond acceptors (Lipinski definition) is 4. The van der Waals surface area contributed by atoms with Gasteiger partial charge < -0.3 is 16.4 Å². The first-order valence-corrected chi connectivity index (χ1v) is 10.3. The first-order chi connectivity index (χ1) is 14.1. The van der Waals surface area contributed by atoms with Crippen LogP contribution in [0.15, 0.2) is 54.6 Å². The quantitative estimate of drug-likeness (QED) is 0.674. The molecule has 4 N–H and O–H groups in total. The fourth-order valence-electron chi connectivity index (χ4n) is 4.04. The van der Waals surface area contributed by atoms with Crippen molar-refractivity contribution in [1.29, 1.82) is 0 Å². The molecule has 0 aromatic heterocycles. The van der Waals surface area contributed by atoms with E-state index in [1.165, 1.54) is 5.56 Å². The first kappa shape index (κ1) is 19.6. The average Bonchev–Trinajstić information content (AvgIpc) is 3.45. The van der Waals surface area contributed by atoms with E-state index in [0.29, 0.717) is 42.2 Å². The minimum atomic E-state index is -0.0837. The van der Waals surface area contributed by atoms with Crippen LogP contribution in [0.2, 0.25) is 0 Å². The summed E-state index contributed by atoms with van der Waals surface area (Å²) in [6, 6.07) is 17.8. The number of carbonyl (C=O) groups is 2. The molecule has 6 nitrogen and oxygen atoms in total. The Labute approximate surface area is 171 Å². The Kier molecular flexibility index (Phi) is 5.92. The Morgan fingerprint density at radius 1 is 1.03 bits per heavy atom. The molecule has 0 unspecified atom stereocenters. The van der Waals surface area contributed by atoms with Crippen LogP contribution >= 0.6 is 0 Å². The molecule has 2 aliphatic rings. The number of anilines is 1. The number of nitrogens with zero attached hydrogens (tertiary/aromatic N) is 1. The van der Waals surface area contributed by atoms with Crippen molar-refractivity contribution in [2.24, 2.45) is 11.7 Å². The highest BCUT2D eigenvalue weighted by molar-refractivity contribution is 5.97. The molecule has 29 heavy (non-hydrogen) atoms. The van der Waals surface area contributed by atoms with Gasteiger partial charge in [-0.25, -0.2) is 0 Å². The molecule has 1 heterocycles. The van der Waals surface area contributed by atoms with Crippen LogP contribution in [-0.4, -0.2) is 48.9 Å². The van der Waals surface area contributed by atoms with E-state index < -0.39 is 0 Å². The highest BCUT2D eigenvalue weighted by Crippen LogP contribution is 2.31. The fraction of sp³-hybridized carbons (Fsp3) is 0.391. The van der Waals surface area contributed by atoms with Gasteiger partial charge in [0.2, 0.25) is 5.91 Å². The zero-order valence-corrected chi connectivity index (χ0v) is 16.5. The van der Waals surface area contributed by atoms with Gasteiger partial charge in [0.05, 0.1) is 6.54 Å². The molecule has 0 radical (unpaired) electrons. The van der Waals surface area contributed by atoms with E-state index in [9.17, 15) is 9.59 Å². The van der Waals surface area contributed by atoms with Crippen molar-refractivity contribution in [1.82, 2.24) is 10.2 Å². The summed E-state index contributed by atoms with van der Waals surface area (Å²) in [7, 11) is 0. The summed E-state index contributed by atoms with van der Waals surface area (Å²) in [5, 5.41) is 5.90. The monoisotopic (exact) mass is 392 g/mol. The Morgan fingerprint density at radius 3 is 2.55 bits per heavy atom. The predicted molar refractivity (Wildman–Crippen MR) is 114 cm³/mol. The third-order valence-corrected chi connectivity index (χ3v) is 5.74. The maximum atomic E-state index is 12.6. The van der Waals surface area contributed by atoms with Gasteiger partial charge in [0.15, 0.2) is 0 Å². The summed E-state index contributed by atoms with van der Waals surface area (Å²) in [5.41, 5.74) is 8.49. The minimum absolute atomic E-state index is 0.0748. The number of likely N-dealkylation sites (tertiary alicyclic amines) is 1. The largest absolute Gasteiger partial charge is 0.349 e. The lowest BCUT2D eigenvalue weighted by molar-refractivity contribution is -0.117. The van der Waals surface area contributed by atoms with Gasteiger partial charge in [0.1, 0.15) is 0 Å².